The standard InChI is InChI=1S/C24H18F6N2O3/c25-23(26,27)17-10-8-15(9-11-17)14-4-6-16(7-5-14)21(34)32-20(13-33)22(35)31-19-3-1-2-18(12-19)24(28,29)30/h1-12,20,33H,13H2,(H,31,35)(H,32,34). The van der Waals surface area contributed by atoms with Crippen LogP contribution in [0.4, 0.5) is 32.0 Å². The lowest BCUT2D eigenvalue weighted by atomic mass is 10.0. The second kappa shape index (κ2) is 10.2. The van der Waals surface area contributed by atoms with Crippen molar-refractivity contribution >= 4 is 17.5 Å². The van der Waals surface area contributed by atoms with Crippen molar-refractivity contribution in [1.29, 1.82) is 0 Å². The number of alkyl halides is 6. The molecule has 0 bridgehead atoms. The Bertz CT molecular complexity index is 1190. The fraction of sp³-hybridized carbons (Fsp3) is 0.167. The van der Waals surface area contributed by atoms with E-state index in [4.69, 9.17) is 0 Å². The average molecular weight is 496 g/mol. The van der Waals surface area contributed by atoms with Gasteiger partial charge in [-0.1, -0.05) is 30.3 Å². The Hall–Kier alpha value is -3.86. The van der Waals surface area contributed by atoms with Crippen LogP contribution < -0.4 is 10.6 Å². The number of carbonyl (C=O) groups is 2. The van der Waals surface area contributed by atoms with Gasteiger partial charge in [0.1, 0.15) is 6.04 Å². The summed E-state index contributed by atoms with van der Waals surface area (Å²) in [6.45, 7) is -0.819. The summed E-state index contributed by atoms with van der Waals surface area (Å²) in [7, 11) is 0. The van der Waals surface area contributed by atoms with E-state index in [1.807, 2.05) is 0 Å². The lowest BCUT2D eigenvalue weighted by molar-refractivity contribution is -0.138. The van der Waals surface area contributed by atoms with E-state index in [9.17, 15) is 41.0 Å². The van der Waals surface area contributed by atoms with Crippen molar-refractivity contribution in [2.45, 2.75) is 18.4 Å². The summed E-state index contributed by atoms with van der Waals surface area (Å²) in [5.74, 6) is -1.68. The Balaban J connectivity index is 1.66. The summed E-state index contributed by atoms with van der Waals surface area (Å²) in [4.78, 5) is 24.8. The predicted octanol–water partition coefficient (Wildman–Crippen LogP) is 5.12. The average Bonchev–Trinajstić information content (AvgIpc) is 2.81. The molecule has 0 saturated heterocycles. The number of anilines is 1. The highest BCUT2D eigenvalue weighted by Gasteiger charge is 2.31. The highest BCUT2D eigenvalue weighted by Crippen LogP contribution is 2.32. The van der Waals surface area contributed by atoms with E-state index in [2.05, 4.69) is 10.6 Å². The molecule has 0 aliphatic carbocycles. The van der Waals surface area contributed by atoms with Crippen LogP contribution in [0, 0.1) is 0 Å². The Kier molecular flexibility index (Phi) is 7.49. The molecule has 11 heteroatoms. The maximum atomic E-state index is 12.8. The van der Waals surface area contributed by atoms with Crippen LogP contribution in [0.5, 0.6) is 0 Å². The van der Waals surface area contributed by atoms with Crippen molar-refractivity contribution in [2.75, 3.05) is 11.9 Å². The quantitative estimate of drug-likeness (QED) is 0.415. The van der Waals surface area contributed by atoms with Crippen LogP contribution in [0.3, 0.4) is 0 Å². The Morgan fingerprint density at radius 2 is 1.31 bits per heavy atom. The van der Waals surface area contributed by atoms with Gasteiger partial charge in [0.05, 0.1) is 17.7 Å². The zero-order valence-corrected chi connectivity index (χ0v) is 17.7. The topological polar surface area (TPSA) is 78.4 Å². The minimum absolute atomic E-state index is 0.0889. The number of nitrogens with one attached hydrogen (secondary N) is 2. The lowest BCUT2D eigenvalue weighted by Gasteiger charge is -2.17. The summed E-state index contributed by atoms with van der Waals surface area (Å²) < 4.78 is 76.6. The highest BCUT2D eigenvalue weighted by atomic mass is 19.4. The van der Waals surface area contributed by atoms with Gasteiger partial charge < -0.3 is 15.7 Å². The van der Waals surface area contributed by atoms with Gasteiger partial charge in [0.15, 0.2) is 0 Å². The number of amides is 2. The molecule has 184 valence electrons. The molecule has 0 spiro atoms. The zero-order chi connectivity index (χ0) is 25.8. The van der Waals surface area contributed by atoms with Crippen molar-refractivity contribution in [2.24, 2.45) is 0 Å². The van der Waals surface area contributed by atoms with E-state index in [1.165, 1.54) is 42.5 Å². The number of aliphatic hydroxyl groups excluding tert-OH is 1. The fourth-order valence-electron chi connectivity index (χ4n) is 3.10. The molecular formula is C24H18F6N2O3. The monoisotopic (exact) mass is 496 g/mol. The summed E-state index contributed by atoms with van der Waals surface area (Å²) >= 11 is 0. The number of aliphatic hydroxyl groups is 1. The van der Waals surface area contributed by atoms with E-state index >= 15 is 0 Å². The molecule has 0 radical (unpaired) electrons. The van der Waals surface area contributed by atoms with Crippen molar-refractivity contribution < 1.29 is 41.0 Å². The fourth-order valence-corrected chi connectivity index (χ4v) is 3.10. The number of hydrogen-bond acceptors (Lipinski definition) is 3. The molecule has 1 unspecified atom stereocenters. The van der Waals surface area contributed by atoms with Gasteiger partial charge in [-0.05, 0) is 53.6 Å². The van der Waals surface area contributed by atoms with E-state index in [1.54, 1.807) is 0 Å². The second-order valence-corrected chi connectivity index (χ2v) is 7.43. The van der Waals surface area contributed by atoms with Crippen molar-refractivity contribution in [1.82, 2.24) is 5.32 Å². The molecule has 0 heterocycles. The van der Waals surface area contributed by atoms with Crippen molar-refractivity contribution in [3.8, 4) is 11.1 Å². The molecule has 2 amide bonds. The summed E-state index contributed by atoms with van der Waals surface area (Å²) in [6, 6.07) is 12.6. The van der Waals surface area contributed by atoms with Crippen LogP contribution in [0.25, 0.3) is 11.1 Å². The first kappa shape index (κ1) is 25.8. The Morgan fingerprint density at radius 3 is 1.83 bits per heavy atom. The second-order valence-electron chi connectivity index (χ2n) is 7.43. The van der Waals surface area contributed by atoms with Gasteiger partial charge in [-0.2, -0.15) is 26.3 Å². The molecule has 0 aliphatic heterocycles. The molecule has 1 atom stereocenters. The minimum Gasteiger partial charge on any atom is -0.394 e. The molecule has 3 N–H and O–H groups in total. The third-order valence-corrected chi connectivity index (χ3v) is 4.95. The van der Waals surface area contributed by atoms with Gasteiger partial charge in [0.2, 0.25) is 5.91 Å². The van der Waals surface area contributed by atoms with Crippen LogP contribution in [-0.2, 0) is 17.1 Å². The number of rotatable bonds is 6. The summed E-state index contributed by atoms with van der Waals surface area (Å²) in [5.41, 5.74) is -0.831. The highest BCUT2D eigenvalue weighted by molar-refractivity contribution is 6.01. The van der Waals surface area contributed by atoms with Crippen LogP contribution in [-0.4, -0.2) is 29.6 Å². The molecule has 35 heavy (non-hydrogen) atoms. The van der Waals surface area contributed by atoms with Crippen LogP contribution in [0.15, 0.2) is 72.8 Å². The van der Waals surface area contributed by atoms with E-state index in [-0.39, 0.29) is 11.3 Å². The molecular weight excluding hydrogens is 478 g/mol. The van der Waals surface area contributed by atoms with Crippen LogP contribution in [0.2, 0.25) is 0 Å². The molecule has 3 aromatic carbocycles. The first-order valence-corrected chi connectivity index (χ1v) is 10.1. The molecule has 0 aromatic heterocycles. The molecule has 0 fully saturated rings. The maximum Gasteiger partial charge on any atom is 0.416 e. The van der Waals surface area contributed by atoms with Crippen LogP contribution in [0.1, 0.15) is 21.5 Å². The number of hydrogen-bond donors (Lipinski definition) is 3. The normalized spacial score (nSPS) is 12.7. The van der Waals surface area contributed by atoms with Gasteiger partial charge in [-0.15, -0.1) is 0 Å². The smallest absolute Gasteiger partial charge is 0.394 e. The molecule has 5 nitrogen and oxygen atoms in total. The summed E-state index contributed by atoms with van der Waals surface area (Å²) in [6.07, 6.45) is -9.07. The van der Waals surface area contributed by atoms with Crippen molar-refractivity contribution in [3.63, 3.8) is 0 Å². The number of benzene rings is 3. The molecule has 3 rings (SSSR count). The third kappa shape index (κ3) is 6.60. The summed E-state index contributed by atoms with van der Waals surface area (Å²) in [5, 5.41) is 14.0. The van der Waals surface area contributed by atoms with E-state index in [0.29, 0.717) is 17.2 Å². The first-order valence-electron chi connectivity index (χ1n) is 10.1. The predicted molar refractivity (Wildman–Crippen MR) is 115 cm³/mol. The van der Waals surface area contributed by atoms with Gasteiger partial charge in [0.25, 0.3) is 5.91 Å². The first-order chi connectivity index (χ1) is 16.4. The maximum absolute atomic E-state index is 12.8. The van der Waals surface area contributed by atoms with Gasteiger partial charge in [-0.25, -0.2) is 0 Å². The van der Waals surface area contributed by atoms with E-state index in [0.717, 1.165) is 24.3 Å². The molecule has 0 saturated carbocycles. The lowest BCUT2D eigenvalue weighted by Crippen LogP contribution is -2.46. The molecule has 3 aromatic rings. The van der Waals surface area contributed by atoms with Crippen molar-refractivity contribution in [3.05, 3.63) is 89.5 Å². The Labute approximate surface area is 195 Å². The molecule has 0 aliphatic rings. The van der Waals surface area contributed by atoms with Gasteiger partial charge >= 0.3 is 12.4 Å². The largest absolute Gasteiger partial charge is 0.416 e. The SMILES string of the molecule is O=C(NC(CO)C(=O)Nc1cccc(C(F)(F)F)c1)c1ccc(-c2ccc(C(F)(F)F)cc2)cc1. The number of carbonyl (C=O) groups excluding carboxylic acids is 2. The van der Waals surface area contributed by atoms with Crippen LogP contribution >= 0.6 is 0 Å². The van der Waals surface area contributed by atoms with Gasteiger partial charge in [0, 0.05) is 11.3 Å². The minimum atomic E-state index is -4.61. The van der Waals surface area contributed by atoms with Gasteiger partial charge in [-0.3, -0.25) is 9.59 Å². The third-order valence-electron chi connectivity index (χ3n) is 4.95. The Morgan fingerprint density at radius 1 is 0.771 bits per heavy atom. The van der Waals surface area contributed by atoms with E-state index < -0.39 is 47.9 Å². The number of halogens is 6. The zero-order valence-electron chi connectivity index (χ0n) is 17.7.